The zero-order valence-electron chi connectivity index (χ0n) is 26.9. The van der Waals surface area contributed by atoms with Crippen LogP contribution in [0.15, 0.2) is 0 Å². The van der Waals surface area contributed by atoms with Crippen molar-refractivity contribution < 1.29 is 132 Å². The molecule has 16 N–H and O–H groups in total. The Kier molecular flexibility index (Phi) is 15.7. The van der Waals surface area contributed by atoms with Crippen molar-refractivity contribution in [1.82, 2.24) is 0 Å². The lowest BCUT2D eigenvalue weighted by molar-refractivity contribution is -0.300. The SMILES string of the molecule is O=P(OC1O[C@H](CO)[C@@H](O)[C@H](O)[C@H]1O)(OC1O[C@H](CO)[C@@H](O)[C@H](O)[C@H]1O)OP(=O)(OC1O[C@H](CO)[C@@H](O)[C@H](O)[C@H]1O)OC1O[C@H](CO)[C@@H](O)[C@H](O)[C@H]1O. The van der Waals surface area contributed by atoms with Gasteiger partial charge in [-0.25, -0.2) is 9.13 Å². The van der Waals surface area contributed by atoms with Crippen LogP contribution >= 0.6 is 15.6 Å². The Bertz CT molecular complexity index is 1080. The maximum Gasteiger partial charge on any atom is 0.488 e. The molecule has 0 amide bonds. The lowest BCUT2D eigenvalue weighted by Crippen LogP contribution is -2.60. The molecule has 0 aliphatic carbocycles. The molecular formula is C24H44O27P2. The highest BCUT2D eigenvalue weighted by Crippen LogP contribution is 2.69. The summed E-state index contributed by atoms with van der Waals surface area (Å²) in [5, 5.41) is 162. The Morgan fingerprint density at radius 1 is 0.340 bits per heavy atom. The van der Waals surface area contributed by atoms with Crippen molar-refractivity contribution in [1.29, 1.82) is 0 Å². The van der Waals surface area contributed by atoms with E-state index in [1.807, 2.05) is 0 Å². The Labute approximate surface area is 297 Å². The van der Waals surface area contributed by atoms with Crippen LogP contribution in [-0.4, -0.2) is 231 Å². The summed E-state index contributed by atoms with van der Waals surface area (Å²) in [5.41, 5.74) is 0. The van der Waals surface area contributed by atoms with Crippen molar-refractivity contribution in [3.63, 3.8) is 0 Å². The fourth-order valence-electron chi connectivity index (χ4n) is 5.38. The quantitative estimate of drug-likeness (QED) is 0.0723. The van der Waals surface area contributed by atoms with Crippen LogP contribution in [-0.2, 0) is 50.5 Å². The third kappa shape index (κ3) is 9.78. The fourth-order valence-corrected chi connectivity index (χ4v) is 8.79. The minimum atomic E-state index is -6.22. The molecule has 0 aromatic rings. The summed E-state index contributed by atoms with van der Waals surface area (Å²) in [6, 6.07) is 0. The van der Waals surface area contributed by atoms with Crippen molar-refractivity contribution in [2.24, 2.45) is 0 Å². The van der Waals surface area contributed by atoms with E-state index in [-0.39, 0.29) is 0 Å². The van der Waals surface area contributed by atoms with Gasteiger partial charge in [-0.3, -0.25) is 18.1 Å². The second kappa shape index (κ2) is 18.4. The Hall–Kier alpha value is -0.540. The van der Waals surface area contributed by atoms with E-state index >= 15 is 0 Å². The summed E-state index contributed by atoms with van der Waals surface area (Å²) in [7, 11) is -12.4. The average molecular weight is 827 g/mol. The zero-order chi connectivity index (χ0) is 39.7. The molecule has 4 rings (SSSR count). The summed E-state index contributed by atoms with van der Waals surface area (Å²) in [5.74, 6) is 0. The van der Waals surface area contributed by atoms with Gasteiger partial charge in [-0.05, 0) is 0 Å². The number of rotatable bonds is 14. The van der Waals surface area contributed by atoms with Gasteiger partial charge in [0.05, 0.1) is 26.4 Å². The highest BCUT2D eigenvalue weighted by Gasteiger charge is 2.57. The molecule has 4 aliphatic heterocycles. The van der Waals surface area contributed by atoms with E-state index < -0.39 is 165 Å². The fraction of sp³-hybridized carbons (Fsp3) is 1.00. The predicted octanol–water partition coefficient (Wildman–Crippen LogP) is -9.51. The first-order valence-corrected chi connectivity index (χ1v) is 18.5. The van der Waals surface area contributed by atoms with E-state index in [1.54, 1.807) is 0 Å². The van der Waals surface area contributed by atoms with Crippen LogP contribution in [0.4, 0.5) is 0 Å². The number of phosphoric ester groups is 2. The molecule has 20 atom stereocenters. The summed E-state index contributed by atoms with van der Waals surface area (Å²) in [6.45, 7) is -4.38. The molecule has 0 spiro atoms. The second-order valence-corrected chi connectivity index (χ2v) is 15.5. The maximum absolute atomic E-state index is 14.5. The standard InChI is InChI=1S/C24H44O27P2/c25-1-5-9(29)13(33)17(37)21(43-5)47-52(41,48-22-18(38)14(34)10(30)6(2-26)44-22)51-53(42,49-23-19(39)15(35)11(31)7(3-27)45-23)50-24-20(40)16(36)12(32)8(4-28)46-24/h5-40H,1-4H2/t5-,6-,7-,8-,9-,10-,11-,12-,13+,14+,15+,16+,17-,18-,19-,20-,21?,22?,23?,24?,52?,53?/m1/s1. The van der Waals surface area contributed by atoms with Gasteiger partial charge in [-0.1, -0.05) is 0 Å². The normalized spacial score (nSPS) is 49.2. The van der Waals surface area contributed by atoms with Crippen molar-refractivity contribution in [3.05, 3.63) is 0 Å². The van der Waals surface area contributed by atoms with E-state index in [0.717, 1.165) is 0 Å². The summed E-state index contributed by atoms with van der Waals surface area (Å²) in [4.78, 5) is 0. The van der Waals surface area contributed by atoms with Crippen molar-refractivity contribution in [2.75, 3.05) is 26.4 Å². The largest absolute Gasteiger partial charge is 0.488 e. The molecule has 312 valence electrons. The molecule has 4 heterocycles. The Balaban J connectivity index is 1.78. The summed E-state index contributed by atoms with van der Waals surface area (Å²) < 4.78 is 74.7. The molecule has 0 radical (unpaired) electrons. The molecule has 4 saturated heterocycles. The van der Waals surface area contributed by atoms with Gasteiger partial charge in [-0.2, -0.15) is 4.31 Å². The molecule has 0 aromatic heterocycles. The van der Waals surface area contributed by atoms with E-state index in [9.17, 15) is 90.8 Å². The van der Waals surface area contributed by atoms with Gasteiger partial charge < -0.3 is 101 Å². The van der Waals surface area contributed by atoms with Crippen LogP contribution in [0.1, 0.15) is 0 Å². The lowest BCUT2D eigenvalue weighted by atomic mass is 9.99. The third-order valence-electron chi connectivity index (χ3n) is 8.53. The van der Waals surface area contributed by atoms with E-state index in [1.165, 1.54) is 0 Å². The first-order chi connectivity index (χ1) is 24.7. The number of hydrogen-bond acceptors (Lipinski definition) is 27. The van der Waals surface area contributed by atoms with E-state index in [2.05, 4.69) is 0 Å². The van der Waals surface area contributed by atoms with Crippen molar-refractivity contribution in [3.8, 4) is 0 Å². The third-order valence-corrected chi connectivity index (χ3v) is 12.0. The Morgan fingerprint density at radius 2 is 0.528 bits per heavy atom. The second-order valence-electron chi connectivity index (χ2n) is 12.2. The predicted molar refractivity (Wildman–Crippen MR) is 156 cm³/mol. The van der Waals surface area contributed by atoms with E-state index in [4.69, 9.17) is 41.4 Å². The maximum atomic E-state index is 14.5. The minimum absolute atomic E-state index is 1.09. The molecular weight excluding hydrogens is 782 g/mol. The number of ether oxygens (including phenoxy) is 4. The first kappa shape index (κ1) is 45.2. The van der Waals surface area contributed by atoms with Crippen LogP contribution in [0, 0.1) is 0 Å². The highest BCUT2D eigenvalue weighted by molar-refractivity contribution is 7.62. The minimum Gasteiger partial charge on any atom is -0.394 e. The molecule has 53 heavy (non-hydrogen) atoms. The summed E-state index contributed by atoms with van der Waals surface area (Å²) in [6.07, 6.45) is -44.3. The smallest absolute Gasteiger partial charge is 0.394 e. The van der Waals surface area contributed by atoms with E-state index in [0.29, 0.717) is 0 Å². The van der Waals surface area contributed by atoms with Gasteiger partial charge in [0.25, 0.3) is 0 Å². The first-order valence-electron chi connectivity index (χ1n) is 15.6. The average Bonchev–Trinajstić information content (AvgIpc) is 3.12. The zero-order valence-corrected chi connectivity index (χ0v) is 28.7. The molecule has 0 saturated carbocycles. The van der Waals surface area contributed by atoms with Crippen LogP contribution in [0.25, 0.3) is 0 Å². The topological polar surface area (TPSA) is 441 Å². The summed E-state index contributed by atoms with van der Waals surface area (Å²) >= 11 is 0. The van der Waals surface area contributed by atoms with Crippen LogP contribution < -0.4 is 0 Å². The van der Waals surface area contributed by atoms with Crippen LogP contribution in [0.2, 0.25) is 0 Å². The van der Waals surface area contributed by atoms with Gasteiger partial charge in [-0.15, -0.1) is 0 Å². The number of aliphatic hydroxyl groups excluding tert-OH is 16. The molecule has 0 aromatic carbocycles. The lowest BCUT2D eigenvalue weighted by Gasteiger charge is -2.44. The van der Waals surface area contributed by atoms with Gasteiger partial charge in [0.15, 0.2) is 25.2 Å². The highest BCUT2D eigenvalue weighted by atomic mass is 31.3. The van der Waals surface area contributed by atoms with Crippen LogP contribution in [0.5, 0.6) is 0 Å². The number of phosphoric acid groups is 2. The van der Waals surface area contributed by atoms with Gasteiger partial charge in [0.2, 0.25) is 0 Å². The molecule has 29 heteroatoms. The van der Waals surface area contributed by atoms with Crippen molar-refractivity contribution >= 4 is 15.6 Å². The number of aliphatic hydroxyl groups is 16. The molecule has 4 aliphatic rings. The van der Waals surface area contributed by atoms with Gasteiger partial charge in [0, 0.05) is 0 Å². The number of hydrogen-bond donors (Lipinski definition) is 16. The van der Waals surface area contributed by atoms with Gasteiger partial charge in [0.1, 0.15) is 97.7 Å². The van der Waals surface area contributed by atoms with Gasteiger partial charge >= 0.3 is 15.6 Å². The molecule has 4 fully saturated rings. The monoisotopic (exact) mass is 826 g/mol. The molecule has 27 nitrogen and oxygen atoms in total. The van der Waals surface area contributed by atoms with Crippen LogP contribution in [0.3, 0.4) is 0 Å². The molecule has 0 bridgehead atoms. The Morgan fingerprint density at radius 3 is 0.698 bits per heavy atom. The molecule has 4 unspecified atom stereocenters. The van der Waals surface area contributed by atoms with Crippen molar-refractivity contribution in [2.45, 2.75) is 123 Å².